The molecule has 7 heteroatoms. The molecule has 0 spiro atoms. The fourth-order valence-electron chi connectivity index (χ4n) is 1.95. The molecule has 1 fully saturated rings. The van der Waals surface area contributed by atoms with Crippen molar-refractivity contribution in [3.05, 3.63) is 28.8 Å². The maximum atomic E-state index is 12.0. The van der Waals surface area contributed by atoms with Crippen molar-refractivity contribution >= 4 is 29.1 Å². The first-order chi connectivity index (χ1) is 10.5. The van der Waals surface area contributed by atoms with Gasteiger partial charge in [-0.05, 0) is 38.1 Å². The third kappa shape index (κ3) is 5.02. The maximum absolute atomic E-state index is 12.0. The van der Waals surface area contributed by atoms with Crippen LogP contribution < -0.4 is 10.6 Å². The smallest absolute Gasteiger partial charge is 0.238 e. The van der Waals surface area contributed by atoms with Crippen molar-refractivity contribution in [1.29, 1.82) is 5.26 Å². The number of hydrogen-bond acceptors (Lipinski definition) is 4. The number of carbonyl (C=O) groups is 2. The summed E-state index contributed by atoms with van der Waals surface area (Å²) in [7, 11) is 1.69. The van der Waals surface area contributed by atoms with Gasteiger partial charge in [-0.2, -0.15) is 5.26 Å². The molecule has 2 N–H and O–H groups in total. The molecule has 6 nitrogen and oxygen atoms in total. The minimum atomic E-state index is -0.305. The van der Waals surface area contributed by atoms with Gasteiger partial charge >= 0.3 is 0 Å². The molecule has 1 aliphatic rings. The van der Waals surface area contributed by atoms with E-state index in [9.17, 15) is 9.59 Å². The van der Waals surface area contributed by atoms with Crippen molar-refractivity contribution < 1.29 is 9.59 Å². The number of rotatable bonds is 6. The van der Waals surface area contributed by atoms with E-state index in [0.29, 0.717) is 22.3 Å². The number of anilines is 1. The Hall–Kier alpha value is -2.10. The van der Waals surface area contributed by atoms with Crippen LogP contribution in [0.3, 0.4) is 0 Å². The van der Waals surface area contributed by atoms with Gasteiger partial charge in [0.2, 0.25) is 11.8 Å². The number of benzene rings is 1. The summed E-state index contributed by atoms with van der Waals surface area (Å²) in [5, 5.41) is 14.9. The highest BCUT2D eigenvalue weighted by Crippen LogP contribution is 2.20. The standard InChI is InChI=1S/C15H17ClN4O2/c1-20(8-14(21)18-12-4-5-12)9-15(22)19-13-6-11(16)3-2-10(13)7-17/h2-3,6,12H,4-5,8-9H2,1H3,(H,18,21)(H,19,22). The normalized spacial score (nSPS) is 13.5. The van der Waals surface area contributed by atoms with Crippen LogP contribution in [0.5, 0.6) is 0 Å². The molecule has 0 unspecified atom stereocenters. The number of carbonyl (C=O) groups excluding carboxylic acids is 2. The topological polar surface area (TPSA) is 85.2 Å². The van der Waals surface area contributed by atoms with Gasteiger partial charge in [-0.3, -0.25) is 14.5 Å². The quantitative estimate of drug-likeness (QED) is 0.828. The van der Waals surface area contributed by atoms with Crippen LogP contribution in [0.1, 0.15) is 18.4 Å². The zero-order valence-electron chi connectivity index (χ0n) is 12.2. The van der Waals surface area contributed by atoms with Crippen LogP contribution >= 0.6 is 11.6 Å². The van der Waals surface area contributed by atoms with Crippen LogP contribution in [-0.2, 0) is 9.59 Å². The van der Waals surface area contributed by atoms with Crippen molar-refractivity contribution in [3.63, 3.8) is 0 Å². The second kappa shape index (κ2) is 7.25. The summed E-state index contributed by atoms with van der Waals surface area (Å²) in [4.78, 5) is 25.2. The highest BCUT2D eigenvalue weighted by Gasteiger charge is 2.23. The third-order valence-electron chi connectivity index (χ3n) is 3.15. The van der Waals surface area contributed by atoms with Gasteiger partial charge in [-0.25, -0.2) is 0 Å². The van der Waals surface area contributed by atoms with Gasteiger partial charge in [0.25, 0.3) is 0 Å². The van der Waals surface area contributed by atoms with Gasteiger partial charge in [-0.1, -0.05) is 11.6 Å². The van der Waals surface area contributed by atoms with E-state index in [0.717, 1.165) is 12.8 Å². The van der Waals surface area contributed by atoms with Crippen LogP contribution in [0.25, 0.3) is 0 Å². The Labute approximate surface area is 134 Å². The molecule has 22 heavy (non-hydrogen) atoms. The summed E-state index contributed by atoms with van der Waals surface area (Å²) < 4.78 is 0. The first-order valence-electron chi connectivity index (χ1n) is 6.95. The number of nitriles is 1. The fourth-order valence-corrected chi connectivity index (χ4v) is 2.13. The van der Waals surface area contributed by atoms with E-state index in [2.05, 4.69) is 10.6 Å². The number of nitrogens with zero attached hydrogens (tertiary/aromatic N) is 2. The Morgan fingerprint density at radius 1 is 1.36 bits per heavy atom. The summed E-state index contributed by atoms with van der Waals surface area (Å²) in [6.45, 7) is 0.208. The molecule has 2 rings (SSSR count). The van der Waals surface area contributed by atoms with Crippen LogP contribution in [0.4, 0.5) is 5.69 Å². The molecule has 116 valence electrons. The van der Waals surface area contributed by atoms with Crippen LogP contribution in [-0.4, -0.2) is 42.9 Å². The molecule has 0 saturated heterocycles. The molecule has 1 aromatic rings. The Bertz CT molecular complexity index is 622. The molecule has 0 atom stereocenters. The zero-order chi connectivity index (χ0) is 16.1. The number of amides is 2. The second-order valence-electron chi connectivity index (χ2n) is 5.36. The molecule has 2 amide bonds. The fraction of sp³-hybridized carbons (Fsp3) is 0.400. The predicted octanol–water partition coefficient (Wildman–Crippen LogP) is 1.36. The van der Waals surface area contributed by atoms with Gasteiger partial charge in [0.15, 0.2) is 0 Å². The van der Waals surface area contributed by atoms with Gasteiger partial charge < -0.3 is 10.6 Å². The largest absolute Gasteiger partial charge is 0.352 e. The highest BCUT2D eigenvalue weighted by atomic mass is 35.5. The lowest BCUT2D eigenvalue weighted by atomic mass is 10.2. The summed E-state index contributed by atoms with van der Waals surface area (Å²) >= 11 is 5.86. The van der Waals surface area contributed by atoms with Gasteiger partial charge in [0.05, 0.1) is 24.3 Å². The molecule has 0 aliphatic heterocycles. The summed E-state index contributed by atoms with van der Waals surface area (Å²) in [5.41, 5.74) is 0.711. The van der Waals surface area contributed by atoms with E-state index in [4.69, 9.17) is 16.9 Å². The van der Waals surface area contributed by atoms with Crippen LogP contribution in [0.2, 0.25) is 5.02 Å². The Morgan fingerprint density at radius 3 is 2.68 bits per heavy atom. The molecule has 0 radical (unpaired) electrons. The SMILES string of the molecule is CN(CC(=O)Nc1cc(Cl)ccc1C#N)CC(=O)NC1CC1. The highest BCUT2D eigenvalue weighted by molar-refractivity contribution is 6.31. The third-order valence-corrected chi connectivity index (χ3v) is 3.38. The minimum Gasteiger partial charge on any atom is -0.352 e. The summed E-state index contributed by atoms with van der Waals surface area (Å²) in [5.74, 6) is -0.390. The van der Waals surface area contributed by atoms with E-state index < -0.39 is 0 Å². The van der Waals surface area contributed by atoms with Crippen LogP contribution in [0, 0.1) is 11.3 Å². The van der Waals surface area contributed by atoms with E-state index in [1.165, 1.54) is 6.07 Å². The molecule has 1 aliphatic carbocycles. The van der Waals surface area contributed by atoms with Gasteiger partial charge in [-0.15, -0.1) is 0 Å². The van der Waals surface area contributed by atoms with Crippen molar-refractivity contribution in [2.75, 3.05) is 25.5 Å². The maximum Gasteiger partial charge on any atom is 0.238 e. The molecule has 0 aromatic heterocycles. The molecule has 0 bridgehead atoms. The van der Waals surface area contributed by atoms with Crippen LogP contribution in [0.15, 0.2) is 18.2 Å². The molecule has 1 saturated carbocycles. The Balaban J connectivity index is 1.85. The van der Waals surface area contributed by atoms with Crippen molar-refractivity contribution in [2.24, 2.45) is 0 Å². The average Bonchev–Trinajstić information content (AvgIpc) is 3.22. The number of hydrogen-bond donors (Lipinski definition) is 2. The zero-order valence-corrected chi connectivity index (χ0v) is 13.0. The number of likely N-dealkylation sites (N-methyl/N-ethyl adjacent to an activating group) is 1. The van der Waals surface area contributed by atoms with E-state index in [1.807, 2.05) is 6.07 Å². The minimum absolute atomic E-state index is 0.0511. The lowest BCUT2D eigenvalue weighted by Crippen LogP contribution is -2.39. The van der Waals surface area contributed by atoms with Crippen molar-refractivity contribution in [3.8, 4) is 6.07 Å². The number of halogens is 1. The lowest BCUT2D eigenvalue weighted by molar-refractivity contribution is -0.123. The molecular weight excluding hydrogens is 304 g/mol. The molecule has 0 heterocycles. The van der Waals surface area contributed by atoms with Crippen molar-refractivity contribution in [1.82, 2.24) is 10.2 Å². The number of nitrogens with one attached hydrogen (secondary N) is 2. The van der Waals surface area contributed by atoms with E-state index >= 15 is 0 Å². The molecular formula is C15H17ClN4O2. The van der Waals surface area contributed by atoms with Gasteiger partial charge in [0, 0.05) is 11.1 Å². The van der Waals surface area contributed by atoms with Gasteiger partial charge in [0.1, 0.15) is 6.07 Å². The van der Waals surface area contributed by atoms with E-state index in [-0.39, 0.29) is 24.9 Å². The second-order valence-corrected chi connectivity index (χ2v) is 5.80. The summed E-state index contributed by atoms with van der Waals surface area (Å²) in [6.07, 6.45) is 2.06. The van der Waals surface area contributed by atoms with E-state index in [1.54, 1.807) is 24.1 Å². The monoisotopic (exact) mass is 320 g/mol. The predicted molar refractivity (Wildman–Crippen MR) is 83.5 cm³/mol. The van der Waals surface area contributed by atoms with Crippen molar-refractivity contribution in [2.45, 2.75) is 18.9 Å². The Kier molecular flexibility index (Phi) is 5.36. The summed E-state index contributed by atoms with van der Waals surface area (Å²) in [6, 6.07) is 6.96. The lowest BCUT2D eigenvalue weighted by Gasteiger charge is -2.16. The first-order valence-corrected chi connectivity index (χ1v) is 7.33. The average molecular weight is 321 g/mol. The Morgan fingerprint density at radius 2 is 2.05 bits per heavy atom. The first kappa shape index (κ1) is 16.3. The molecule has 1 aromatic carbocycles.